The van der Waals surface area contributed by atoms with Crippen molar-refractivity contribution >= 4 is 29.1 Å². The molecule has 0 atom stereocenters. The van der Waals surface area contributed by atoms with E-state index in [9.17, 15) is 9.59 Å². The predicted molar refractivity (Wildman–Crippen MR) is 115 cm³/mol. The smallest absolute Gasteiger partial charge is 0.255 e. The standard InChI is InChI=1S/C22H27ClN2O4/c1-4-7-12-29-20-18(23)13-16(14-19(20)28-6-3)22(27)25-17-10-8-15(9-11-17)21(26)24-5-2/h8-11,13-14H,4-7,12H2,1-3H3,(H,24,26)(H,25,27). The van der Waals surface area contributed by atoms with Crippen LogP contribution < -0.4 is 20.1 Å². The number of hydrogen-bond donors (Lipinski definition) is 2. The molecule has 0 aliphatic rings. The van der Waals surface area contributed by atoms with E-state index in [2.05, 4.69) is 17.6 Å². The van der Waals surface area contributed by atoms with Gasteiger partial charge in [-0.1, -0.05) is 24.9 Å². The molecule has 0 unspecified atom stereocenters. The van der Waals surface area contributed by atoms with E-state index in [0.29, 0.717) is 53.1 Å². The lowest BCUT2D eigenvalue weighted by Gasteiger charge is -2.15. The van der Waals surface area contributed by atoms with Crippen LogP contribution in [0.5, 0.6) is 11.5 Å². The Morgan fingerprint density at radius 3 is 2.31 bits per heavy atom. The van der Waals surface area contributed by atoms with Crippen LogP contribution in [0.4, 0.5) is 5.69 Å². The third kappa shape index (κ3) is 6.39. The molecule has 2 rings (SSSR count). The molecule has 0 saturated heterocycles. The first-order chi connectivity index (χ1) is 14.0. The van der Waals surface area contributed by atoms with Crippen LogP contribution in [0.1, 0.15) is 54.3 Å². The Bertz CT molecular complexity index is 837. The quantitative estimate of drug-likeness (QED) is 0.537. The van der Waals surface area contributed by atoms with Crippen molar-refractivity contribution in [3.63, 3.8) is 0 Å². The van der Waals surface area contributed by atoms with Crippen LogP contribution in [0.2, 0.25) is 5.02 Å². The second-order valence-corrected chi connectivity index (χ2v) is 6.72. The number of unbranched alkanes of at least 4 members (excludes halogenated alkanes) is 1. The molecular weight excluding hydrogens is 392 g/mol. The number of hydrogen-bond acceptors (Lipinski definition) is 4. The summed E-state index contributed by atoms with van der Waals surface area (Å²) in [5, 5.41) is 5.85. The number of benzene rings is 2. The van der Waals surface area contributed by atoms with E-state index < -0.39 is 0 Å². The summed E-state index contributed by atoms with van der Waals surface area (Å²) in [5.74, 6) is 0.397. The van der Waals surface area contributed by atoms with Crippen molar-refractivity contribution in [3.8, 4) is 11.5 Å². The zero-order chi connectivity index (χ0) is 21.2. The minimum Gasteiger partial charge on any atom is -0.490 e. The number of carbonyl (C=O) groups excluding carboxylic acids is 2. The molecule has 0 aliphatic carbocycles. The van der Waals surface area contributed by atoms with E-state index in [1.54, 1.807) is 36.4 Å². The number of amides is 2. The second-order valence-electron chi connectivity index (χ2n) is 6.31. The minimum absolute atomic E-state index is 0.155. The molecule has 2 aromatic rings. The summed E-state index contributed by atoms with van der Waals surface area (Å²) in [6.45, 7) is 7.29. The first-order valence-corrected chi connectivity index (χ1v) is 10.2. The van der Waals surface area contributed by atoms with Crippen molar-refractivity contribution < 1.29 is 19.1 Å². The molecule has 0 saturated carbocycles. The van der Waals surface area contributed by atoms with Gasteiger partial charge in [0.05, 0.1) is 18.2 Å². The molecule has 0 fully saturated rings. The van der Waals surface area contributed by atoms with E-state index in [-0.39, 0.29) is 11.8 Å². The number of rotatable bonds is 10. The molecular formula is C22H27ClN2O4. The maximum absolute atomic E-state index is 12.7. The van der Waals surface area contributed by atoms with Crippen LogP contribution in [0.25, 0.3) is 0 Å². The van der Waals surface area contributed by atoms with Gasteiger partial charge >= 0.3 is 0 Å². The molecule has 2 N–H and O–H groups in total. The highest BCUT2D eigenvalue weighted by Gasteiger charge is 2.17. The summed E-state index contributed by atoms with van der Waals surface area (Å²) in [4.78, 5) is 24.5. The van der Waals surface area contributed by atoms with Crippen LogP contribution in [-0.2, 0) is 0 Å². The summed E-state index contributed by atoms with van der Waals surface area (Å²) in [5.41, 5.74) is 1.45. The topological polar surface area (TPSA) is 76.7 Å². The van der Waals surface area contributed by atoms with Crippen LogP contribution in [-0.4, -0.2) is 31.6 Å². The molecule has 7 heteroatoms. The average Bonchev–Trinajstić information content (AvgIpc) is 2.70. The van der Waals surface area contributed by atoms with Gasteiger partial charge in [-0.15, -0.1) is 0 Å². The monoisotopic (exact) mass is 418 g/mol. The average molecular weight is 419 g/mol. The van der Waals surface area contributed by atoms with Crippen molar-refractivity contribution in [1.29, 1.82) is 0 Å². The third-order valence-electron chi connectivity index (χ3n) is 4.06. The first-order valence-electron chi connectivity index (χ1n) is 9.78. The van der Waals surface area contributed by atoms with Crippen LogP contribution in [0.15, 0.2) is 36.4 Å². The maximum atomic E-state index is 12.7. The lowest BCUT2D eigenvalue weighted by Crippen LogP contribution is -2.22. The Balaban J connectivity index is 2.16. The molecule has 0 aliphatic heterocycles. The van der Waals surface area contributed by atoms with Gasteiger partial charge in [0, 0.05) is 23.4 Å². The fourth-order valence-electron chi connectivity index (χ4n) is 2.59. The first kappa shape index (κ1) is 22.6. The summed E-state index contributed by atoms with van der Waals surface area (Å²) in [6.07, 6.45) is 1.90. The van der Waals surface area contributed by atoms with Crippen LogP contribution in [0.3, 0.4) is 0 Å². The van der Waals surface area contributed by atoms with E-state index in [1.807, 2.05) is 13.8 Å². The van der Waals surface area contributed by atoms with E-state index in [1.165, 1.54) is 0 Å². The highest BCUT2D eigenvalue weighted by molar-refractivity contribution is 6.32. The number of anilines is 1. The number of ether oxygens (including phenoxy) is 2. The Labute approximate surface area is 176 Å². The lowest BCUT2D eigenvalue weighted by molar-refractivity contribution is 0.0955. The Morgan fingerprint density at radius 1 is 0.966 bits per heavy atom. The predicted octanol–water partition coefficient (Wildman–Crippen LogP) is 4.92. The van der Waals surface area contributed by atoms with Gasteiger partial charge in [-0.3, -0.25) is 9.59 Å². The normalized spacial score (nSPS) is 10.3. The van der Waals surface area contributed by atoms with Crippen molar-refractivity contribution in [1.82, 2.24) is 5.32 Å². The molecule has 0 aromatic heterocycles. The van der Waals surface area contributed by atoms with Gasteiger partial charge in [-0.25, -0.2) is 0 Å². The fraction of sp³-hybridized carbons (Fsp3) is 0.364. The Kier molecular flexibility index (Phi) is 8.80. The molecule has 2 amide bonds. The second kappa shape index (κ2) is 11.3. The highest BCUT2D eigenvalue weighted by Crippen LogP contribution is 2.37. The largest absolute Gasteiger partial charge is 0.490 e. The van der Waals surface area contributed by atoms with E-state index in [4.69, 9.17) is 21.1 Å². The van der Waals surface area contributed by atoms with Gasteiger partial charge in [0.1, 0.15) is 0 Å². The highest BCUT2D eigenvalue weighted by atomic mass is 35.5. The molecule has 0 bridgehead atoms. The Hall–Kier alpha value is -2.73. The lowest BCUT2D eigenvalue weighted by atomic mass is 10.1. The van der Waals surface area contributed by atoms with Gasteiger partial charge in [0.25, 0.3) is 11.8 Å². The van der Waals surface area contributed by atoms with E-state index in [0.717, 1.165) is 12.8 Å². The number of carbonyl (C=O) groups is 2. The molecule has 2 aromatic carbocycles. The Morgan fingerprint density at radius 2 is 1.69 bits per heavy atom. The van der Waals surface area contributed by atoms with Gasteiger partial charge in [0.15, 0.2) is 11.5 Å². The maximum Gasteiger partial charge on any atom is 0.255 e. The van der Waals surface area contributed by atoms with Gasteiger partial charge in [0.2, 0.25) is 0 Å². The van der Waals surface area contributed by atoms with Gasteiger partial charge in [-0.2, -0.15) is 0 Å². The molecule has 29 heavy (non-hydrogen) atoms. The van der Waals surface area contributed by atoms with Gasteiger partial charge < -0.3 is 20.1 Å². The van der Waals surface area contributed by atoms with Gasteiger partial charge in [-0.05, 0) is 56.7 Å². The molecule has 6 nitrogen and oxygen atoms in total. The summed E-state index contributed by atoms with van der Waals surface area (Å²) in [7, 11) is 0. The molecule has 156 valence electrons. The summed E-state index contributed by atoms with van der Waals surface area (Å²) in [6, 6.07) is 9.85. The SMILES string of the molecule is CCCCOc1c(Cl)cc(C(=O)Nc2ccc(C(=O)NCC)cc2)cc1OCC. The molecule has 0 spiro atoms. The summed E-state index contributed by atoms with van der Waals surface area (Å²) >= 11 is 6.35. The number of halogens is 1. The van der Waals surface area contributed by atoms with Crippen molar-refractivity contribution in [3.05, 3.63) is 52.5 Å². The van der Waals surface area contributed by atoms with E-state index >= 15 is 0 Å². The fourth-order valence-corrected chi connectivity index (χ4v) is 2.86. The van der Waals surface area contributed by atoms with Crippen LogP contribution in [0, 0.1) is 0 Å². The van der Waals surface area contributed by atoms with Crippen molar-refractivity contribution in [2.24, 2.45) is 0 Å². The molecule has 0 radical (unpaired) electrons. The van der Waals surface area contributed by atoms with Crippen molar-refractivity contribution in [2.75, 3.05) is 25.1 Å². The van der Waals surface area contributed by atoms with Crippen molar-refractivity contribution in [2.45, 2.75) is 33.6 Å². The third-order valence-corrected chi connectivity index (χ3v) is 4.34. The number of nitrogens with one attached hydrogen (secondary N) is 2. The summed E-state index contributed by atoms with van der Waals surface area (Å²) < 4.78 is 11.4. The molecule has 0 heterocycles. The zero-order valence-electron chi connectivity index (χ0n) is 17.0. The zero-order valence-corrected chi connectivity index (χ0v) is 17.8. The van der Waals surface area contributed by atoms with Crippen LogP contribution >= 0.6 is 11.6 Å². The minimum atomic E-state index is -0.335.